The molecule has 0 amide bonds. The summed E-state index contributed by atoms with van der Waals surface area (Å²) < 4.78 is 5.19. The highest BCUT2D eigenvalue weighted by molar-refractivity contribution is 4.68. The van der Waals surface area contributed by atoms with Gasteiger partial charge in [0.05, 0.1) is 12.7 Å². The van der Waals surface area contributed by atoms with E-state index in [1.807, 2.05) is 0 Å². The monoisotopic (exact) mass is 302 g/mol. The van der Waals surface area contributed by atoms with E-state index < -0.39 is 0 Å². The van der Waals surface area contributed by atoms with Crippen LogP contribution < -0.4 is 0 Å². The first-order valence-electron chi connectivity index (χ1n) is 9.07. The van der Waals surface area contributed by atoms with Crippen molar-refractivity contribution in [3.05, 3.63) is 0 Å². The van der Waals surface area contributed by atoms with Crippen LogP contribution in [0.5, 0.6) is 0 Å². The van der Waals surface area contributed by atoms with E-state index in [1.54, 1.807) is 6.92 Å². The molecular weight excluding hydrogens is 264 g/mol. The fraction of sp³-hybridized carbons (Fsp3) is 1.00. The molecule has 0 aromatic carbocycles. The summed E-state index contributed by atoms with van der Waals surface area (Å²) in [7, 11) is 0. The van der Waals surface area contributed by atoms with Gasteiger partial charge in [-0.3, -0.25) is 0 Å². The van der Waals surface area contributed by atoms with Crippen LogP contribution in [-0.4, -0.2) is 36.1 Å². The molecule has 3 nitrogen and oxygen atoms in total. The van der Waals surface area contributed by atoms with E-state index >= 15 is 0 Å². The zero-order chi connectivity index (χ0) is 15.8. The largest absolute Gasteiger partial charge is 0.396 e. The van der Waals surface area contributed by atoms with Crippen LogP contribution in [0.2, 0.25) is 0 Å². The fourth-order valence-electron chi connectivity index (χ4n) is 2.15. The van der Waals surface area contributed by atoms with Crippen molar-refractivity contribution in [2.45, 2.75) is 90.6 Å². The van der Waals surface area contributed by atoms with Crippen LogP contribution in [0.25, 0.3) is 0 Å². The van der Waals surface area contributed by atoms with Crippen LogP contribution in [0.3, 0.4) is 0 Å². The molecule has 1 aliphatic rings. The van der Waals surface area contributed by atoms with E-state index in [2.05, 4.69) is 6.92 Å². The molecule has 3 heteroatoms. The minimum absolute atomic E-state index is 0.0463. The number of hydrogen-bond acceptors (Lipinski definition) is 3. The van der Waals surface area contributed by atoms with Crippen LogP contribution in [0.15, 0.2) is 0 Å². The lowest BCUT2D eigenvalue weighted by Gasteiger charge is -2.01. The maximum Gasteiger partial charge on any atom is 0.0810 e. The summed E-state index contributed by atoms with van der Waals surface area (Å²) in [6, 6.07) is 0. The van der Waals surface area contributed by atoms with Crippen LogP contribution in [0.1, 0.15) is 84.5 Å². The molecule has 1 saturated heterocycles. The first kappa shape index (κ1) is 20.9. The van der Waals surface area contributed by atoms with Crippen molar-refractivity contribution in [1.82, 2.24) is 0 Å². The fourth-order valence-corrected chi connectivity index (χ4v) is 2.15. The van der Waals surface area contributed by atoms with Crippen LogP contribution in [-0.2, 0) is 4.74 Å². The van der Waals surface area contributed by atoms with E-state index in [1.165, 1.54) is 70.6 Å². The van der Waals surface area contributed by atoms with Gasteiger partial charge in [0.25, 0.3) is 0 Å². The highest BCUT2D eigenvalue weighted by Crippen LogP contribution is 2.18. The lowest BCUT2D eigenvalue weighted by atomic mass is 10.1. The second kappa shape index (κ2) is 16.3. The Bertz CT molecular complexity index is 189. The van der Waals surface area contributed by atoms with Crippen LogP contribution in [0, 0.1) is 5.92 Å². The molecule has 0 aromatic heterocycles. The molecule has 2 N–H and O–H groups in total. The van der Waals surface area contributed by atoms with Crippen molar-refractivity contribution in [1.29, 1.82) is 0 Å². The molecule has 21 heavy (non-hydrogen) atoms. The quantitative estimate of drug-likeness (QED) is 0.394. The second-order valence-electron chi connectivity index (χ2n) is 6.40. The van der Waals surface area contributed by atoms with Crippen molar-refractivity contribution < 1.29 is 14.9 Å². The number of aliphatic hydroxyl groups excluding tert-OH is 2. The highest BCUT2D eigenvalue weighted by atomic mass is 16.6. The predicted molar refractivity (Wildman–Crippen MR) is 89.5 cm³/mol. The average Bonchev–Trinajstić information content (AvgIpc) is 3.33. The van der Waals surface area contributed by atoms with E-state index in [-0.39, 0.29) is 19.1 Å². The summed E-state index contributed by atoms with van der Waals surface area (Å²) in [4.78, 5) is 0. The molecule has 0 aliphatic carbocycles. The van der Waals surface area contributed by atoms with Crippen molar-refractivity contribution >= 4 is 0 Å². The summed E-state index contributed by atoms with van der Waals surface area (Å²) in [5.74, 6) is 0.0463. The third kappa shape index (κ3) is 17.8. The SMILES string of the molecule is CC(CO)CO.CCCCCCCCCCCCC1CO1. The Morgan fingerprint density at radius 2 is 1.29 bits per heavy atom. The summed E-state index contributed by atoms with van der Waals surface area (Å²) in [5, 5.41) is 16.3. The zero-order valence-corrected chi connectivity index (χ0v) is 14.4. The average molecular weight is 302 g/mol. The van der Waals surface area contributed by atoms with E-state index in [9.17, 15) is 0 Å². The molecular formula is C18H38O3. The molecule has 1 heterocycles. The first-order valence-corrected chi connectivity index (χ1v) is 9.07. The van der Waals surface area contributed by atoms with Crippen LogP contribution in [0.4, 0.5) is 0 Å². The maximum atomic E-state index is 8.17. The van der Waals surface area contributed by atoms with E-state index in [0.29, 0.717) is 6.10 Å². The molecule has 0 radical (unpaired) electrons. The number of rotatable bonds is 13. The third-order valence-corrected chi connectivity index (χ3v) is 3.91. The topological polar surface area (TPSA) is 53.0 Å². The van der Waals surface area contributed by atoms with Gasteiger partial charge in [-0.2, -0.15) is 0 Å². The van der Waals surface area contributed by atoms with Crippen molar-refractivity contribution in [3.63, 3.8) is 0 Å². The van der Waals surface area contributed by atoms with Crippen molar-refractivity contribution in [2.75, 3.05) is 19.8 Å². The van der Waals surface area contributed by atoms with Gasteiger partial charge in [0.1, 0.15) is 0 Å². The van der Waals surface area contributed by atoms with Gasteiger partial charge in [-0.15, -0.1) is 0 Å². The lowest BCUT2D eigenvalue weighted by molar-refractivity contribution is 0.162. The summed E-state index contributed by atoms with van der Waals surface area (Å²) in [6.45, 7) is 5.26. The third-order valence-electron chi connectivity index (χ3n) is 3.91. The Hall–Kier alpha value is -0.120. The molecule has 0 aromatic rings. The molecule has 1 atom stereocenters. The number of unbranched alkanes of at least 4 members (excludes halogenated alkanes) is 9. The van der Waals surface area contributed by atoms with Gasteiger partial charge in [0.2, 0.25) is 0 Å². The molecule has 0 spiro atoms. The standard InChI is InChI=1S/C14H28O.C4H10O2/c1-2-3-4-5-6-7-8-9-10-11-12-14-13-15-14;1-4(2-5)3-6/h14H,2-13H2,1H3;4-6H,2-3H2,1H3. The minimum Gasteiger partial charge on any atom is -0.396 e. The summed E-state index contributed by atoms with van der Waals surface area (Å²) in [6.07, 6.45) is 16.3. The van der Waals surface area contributed by atoms with Crippen molar-refractivity contribution in [3.8, 4) is 0 Å². The van der Waals surface area contributed by atoms with Crippen molar-refractivity contribution in [2.24, 2.45) is 5.92 Å². The molecule has 1 unspecified atom stereocenters. The van der Waals surface area contributed by atoms with E-state index in [0.717, 1.165) is 6.61 Å². The summed E-state index contributed by atoms with van der Waals surface area (Å²) >= 11 is 0. The molecule has 0 saturated carbocycles. The number of ether oxygens (including phenoxy) is 1. The van der Waals surface area contributed by atoms with Gasteiger partial charge >= 0.3 is 0 Å². The second-order valence-corrected chi connectivity index (χ2v) is 6.40. The van der Waals surface area contributed by atoms with Gasteiger partial charge in [0, 0.05) is 19.1 Å². The Morgan fingerprint density at radius 1 is 0.857 bits per heavy atom. The van der Waals surface area contributed by atoms with Gasteiger partial charge in [-0.05, 0) is 6.42 Å². The first-order chi connectivity index (χ1) is 10.2. The van der Waals surface area contributed by atoms with E-state index in [4.69, 9.17) is 14.9 Å². The molecule has 0 bridgehead atoms. The van der Waals surface area contributed by atoms with Gasteiger partial charge in [-0.1, -0.05) is 78.1 Å². The predicted octanol–water partition coefficient (Wildman–Crippen LogP) is 4.30. The Kier molecular flexibility index (Phi) is 16.2. The Labute approximate surface area is 132 Å². The summed E-state index contributed by atoms with van der Waals surface area (Å²) in [5.41, 5.74) is 0. The van der Waals surface area contributed by atoms with Crippen LogP contribution >= 0.6 is 0 Å². The normalized spacial score (nSPS) is 16.7. The number of epoxide rings is 1. The Morgan fingerprint density at radius 3 is 1.62 bits per heavy atom. The molecule has 128 valence electrons. The molecule has 1 fully saturated rings. The molecule has 1 aliphatic heterocycles. The van der Waals surface area contributed by atoms with Gasteiger partial charge < -0.3 is 14.9 Å². The smallest absolute Gasteiger partial charge is 0.0810 e. The number of hydrogen-bond donors (Lipinski definition) is 2. The maximum absolute atomic E-state index is 8.17. The number of aliphatic hydroxyl groups is 2. The lowest BCUT2D eigenvalue weighted by Crippen LogP contribution is -2.04. The molecule has 1 rings (SSSR count). The zero-order valence-electron chi connectivity index (χ0n) is 14.4. The van der Waals surface area contributed by atoms with Gasteiger partial charge in [-0.25, -0.2) is 0 Å². The van der Waals surface area contributed by atoms with Gasteiger partial charge in [0.15, 0.2) is 0 Å². The Balaban J connectivity index is 0.000000567. The highest BCUT2D eigenvalue weighted by Gasteiger charge is 2.20. The minimum atomic E-state index is 0.0463.